The van der Waals surface area contributed by atoms with Crippen LogP contribution in [0.2, 0.25) is 0 Å². The molecule has 0 radical (unpaired) electrons. The van der Waals surface area contributed by atoms with Gasteiger partial charge in [-0.15, -0.1) is 0 Å². The number of rotatable bonds is 4. The van der Waals surface area contributed by atoms with E-state index in [1.165, 1.54) is 10.4 Å². The lowest BCUT2D eigenvalue weighted by atomic mass is 10.3. The Morgan fingerprint density at radius 1 is 1.37 bits per heavy atom. The Bertz CT molecular complexity index is 704. The van der Waals surface area contributed by atoms with Crippen molar-refractivity contribution in [2.75, 3.05) is 11.9 Å². The summed E-state index contributed by atoms with van der Waals surface area (Å²) >= 11 is 5.14. The molecule has 4 nitrogen and oxygen atoms in total. The summed E-state index contributed by atoms with van der Waals surface area (Å²) in [5.41, 5.74) is 2.25. The summed E-state index contributed by atoms with van der Waals surface area (Å²) in [5.74, 6) is 0. The number of nitrogens with zero attached hydrogens (tertiary/aromatic N) is 3. The smallest absolute Gasteiger partial charge is 0.183 e. The lowest BCUT2D eigenvalue weighted by Gasteiger charge is -2.02. The molecule has 0 saturated heterocycles. The summed E-state index contributed by atoms with van der Waals surface area (Å²) in [7, 11) is 1.96. The number of fused-ring (bicyclic) bond motifs is 1. The average Bonchev–Trinajstić information content (AvgIpc) is 2.95. The van der Waals surface area contributed by atoms with Crippen molar-refractivity contribution in [2.45, 2.75) is 6.42 Å². The van der Waals surface area contributed by atoms with Gasteiger partial charge < -0.3 is 5.32 Å². The Morgan fingerprint density at radius 3 is 3.05 bits per heavy atom. The van der Waals surface area contributed by atoms with Crippen molar-refractivity contribution in [2.24, 2.45) is 7.05 Å². The summed E-state index contributed by atoms with van der Waals surface area (Å²) in [6.45, 7) is 0.862. The van der Waals surface area contributed by atoms with Gasteiger partial charge in [-0.3, -0.25) is 4.68 Å². The number of hydrogen-bond acceptors (Lipinski definition) is 4. The van der Waals surface area contributed by atoms with Crippen LogP contribution < -0.4 is 5.32 Å². The number of anilines is 1. The molecule has 1 N–H and O–H groups in total. The van der Waals surface area contributed by atoms with E-state index >= 15 is 0 Å². The Hall–Kier alpha value is -1.40. The SMILES string of the molecule is Cn1nccc1CCNc1nc2cc(Br)ccc2s1. The molecule has 0 fully saturated rings. The van der Waals surface area contributed by atoms with Crippen molar-refractivity contribution in [3.63, 3.8) is 0 Å². The highest BCUT2D eigenvalue weighted by atomic mass is 79.9. The third-order valence-electron chi connectivity index (χ3n) is 2.93. The number of thiazole rings is 1. The van der Waals surface area contributed by atoms with Crippen LogP contribution in [-0.2, 0) is 13.5 Å². The third-order valence-corrected chi connectivity index (χ3v) is 4.42. The first kappa shape index (κ1) is 12.6. The van der Waals surface area contributed by atoms with Crippen LogP contribution in [-0.4, -0.2) is 21.3 Å². The summed E-state index contributed by atoms with van der Waals surface area (Å²) in [6, 6.07) is 8.21. The Balaban J connectivity index is 1.67. The molecular weight excluding hydrogens is 324 g/mol. The predicted molar refractivity (Wildman–Crippen MR) is 82.7 cm³/mol. The fraction of sp³-hybridized carbons (Fsp3) is 0.231. The first-order valence-corrected chi connectivity index (χ1v) is 7.60. The molecule has 0 spiro atoms. The number of halogens is 1. The monoisotopic (exact) mass is 336 g/mol. The molecule has 0 unspecified atom stereocenters. The van der Waals surface area contributed by atoms with Gasteiger partial charge in [0.05, 0.1) is 10.2 Å². The second kappa shape index (κ2) is 5.30. The minimum absolute atomic E-state index is 0.862. The molecule has 0 aliphatic heterocycles. The van der Waals surface area contributed by atoms with E-state index in [2.05, 4.69) is 37.4 Å². The highest BCUT2D eigenvalue weighted by Gasteiger charge is 2.04. The number of aryl methyl sites for hydroxylation is 1. The highest BCUT2D eigenvalue weighted by molar-refractivity contribution is 9.10. The molecule has 0 bridgehead atoms. The van der Waals surface area contributed by atoms with E-state index in [1.54, 1.807) is 11.3 Å². The van der Waals surface area contributed by atoms with Gasteiger partial charge in [0.1, 0.15) is 0 Å². The van der Waals surface area contributed by atoms with Crippen molar-refractivity contribution in [1.82, 2.24) is 14.8 Å². The first-order valence-electron chi connectivity index (χ1n) is 5.99. The van der Waals surface area contributed by atoms with Gasteiger partial charge >= 0.3 is 0 Å². The van der Waals surface area contributed by atoms with Crippen LogP contribution in [0.3, 0.4) is 0 Å². The summed E-state index contributed by atoms with van der Waals surface area (Å²) in [4.78, 5) is 4.57. The molecule has 0 amide bonds. The van der Waals surface area contributed by atoms with Gasteiger partial charge in [-0.05, 0) is 24.3 Å². The summed E-state index contributed by atoms with van der Waals surface area (Å²) in [5, 5.41) is 8.50. The molecule has 6 heteroatoms. The fourth-order valence-electron chi connectivity index (χ4n) is 1.92. The topological polar surface area (TPSA) is 42.7 Å². The number of benzene rings is 1. The highest BCUT2D eigenvalue weighted by Crippen LogP contribution is 2.28. The van der Waals surface area contributed by atoms with Gasteiger partial charge in [0.15, 0.2) is 5.13 Å². The maximum atomic E-state index is 4.57. The predicted octanol–water partition coefficient (Wildman–Crippen LogP) is 3.45. The van der Waals surface area contributed by atoms with E-state index in [4.69, 9.17) is 0 Å². The second-order valence-corrected chi connectivity index (χ2v) is 6.20. The molecule has 19 heavy (non-hydrogen) atoms. The van der Waals surface area contributed by atoms with Crippen molar-refractivity contribution in [1.29, 1.82) is 0 Å². The van der Waals surface area contributed by atoms with Gasteiger partial charge in [0, 0.05) is 36.4 Å². The van der Waals surface area contributed by atoms with Crippen molar-refractivity contribution < 1.29 is 0 Å². The molecule has 2 aromatic heterocycles. The van der Waals surface area contributed by atoms with Gasteiger partial charge in [0.2, 0.25) is 0 Å². The lowest BCUT2D eigenvalue weighted by molar-refractivity contribution is 0.711. The molecule has 3 aromatic rings. The summed E-state index contributed by atoms with van der Waals surface area (Å²) < 4.78 is 4.16. The van der Waals surface area contributed by atoms with Crippen LogP contribution in [0, 0.1) is 0 Å². The number of hydrogen-bond donors (Lipinski definition) is 1. The molecule has 0 aliphatic carbocycles. The van der Waals surface area contributed by atoms with Crippen LogP contribution in [0.4, 0.5) is 5.13 Å². The standard InChI is InChI=1S/C13H13BrN4S/c1-18-10(5-7-16-18)4-6-15-13-17-11-8-9(14)2-3-12(11)19-13/h2-3,5,7-8H,4,6H2,1H3,(H,15,17). The number of aromatic nitrogens is 3. The maximum absolute atomic E-state index is 4.57. The minimum Gasteiger partial charge on any atom is -0.361 e. The van der Waals surface area contributed by atoms with E-state index in [0.717, 1.165) is 28.1 Å². The minimum atomic E-state index is 0.862. The zero-order valence-corrected chi connectivity index (χ0v) is 12.8. The largest absolute Gasteiger partial charge is 0.361 e. The fourth-order valence-corrected chi connectivity index (χ4v) is 3.14. The van der Waals surface area contributed by atoms with Crippen LogP contribution >= 0.6 is 27.3 Å². The molecule has 0 saturated carbocycles. The van der Waals surface area contributed by atoms with Gasteiger partial charge in [-0.1, -0.05) is 27.3 Å². The van der Waals surface area contributed by atoms with Crippen LogP contribution in [0.1, 0.15) is 5.69 Å². The van der Waals surface area contributed by atoms with Crippen LogP contribution in [0.5, 0.6) is 0 Å². The van der Waals surface area contributed by atoms with E-state index in [1.807, 2.05) is 36.1 Å². The summed E-state index contributed by atoms with van der Waals surface area (Å²) in [6.07, 6.45) is 2.76. The molecular formula is C13H13BrN4S. The normalized spacial score (nSPS) is 11.1. The molecule has 3 rings (SSSR count). The molecule has 98 valence electrons. The van der Waals surface area contributed by atoms with Crippen molar-refractivity contribution >= 4 is 42.6 Å². The zero-order chi connectivity index (χ0) is 13.2. The first-order chi connectivity index (χ1) is 9.22. The molecule has 0 atom stereocenters. The Morgan fingerprint density at radius 2 is 2.26 bits per heavy atom. The van der Waals surface area contributed by atoms with E-state index < -0.39 is 0 Å². The van der Waals surface area contributed by atoms with E-state index in [9.17, 15) is 0 Å². The second-order valence-electron chi connectivity index (χ2n) is 4.25. The van der Waals surface area contributed by atoms with Gasteiger partial charge in [0.25, 0.3) is 0 Å². The molecule has 2 heterocycles. The lowest BCUT2D eigenvalue weighted by Crippen LogP contribution is -2.07. The average molecular weight is 337 g/mol. The number of nitrogens with one attached hydrogen (secondary N) is 1. The van der Waals surface area contributed by atoms with E-state index in [-0.39, 0.29) is 0 Å². The van der Waals surface area contributed by atoms with Crippen molar-refractivity contribution in [3.05, 3.63) is 40.6 Å². The van der Waals surface area contributed by atoms with Crippen LogP contribution in [0.15, 0.2) is 34.9 Å². The van der Waals surface area contributed by atoms with Crippen LogP contribution in [0.25, 0.3) is 10.2 Å². The van der Waals surface area contributed by atoms with Gasteiger partial charge in [-0.2, -0.15) is 5.10 Å². The zero-order valence-electron chi connectivity index (χ0n) is 10.4. The maximum Gasteiger partial charge on any atom is 0.183 e. The molecule has 0 aliphatic rings. The van der Waals surface area contributed by atoms with Crippen molar-refractivity contribution in [3.8, 4) is 0 Å². The van der Waals surface area contributed by atoms with E-state index in [0.29, 0.717) is 0 Å². The third kappa shape index (κ3) is 2.79. The van der Waals surface area contributed by atoms with Gasteiger partial charge in [-0.25, -0.2) is 4.98 Å². The molecule has 1 aromatic carbocycles. The Kier molecular flexibility index (Phi) is 3.52. The quantitative estimate of drug-likeness (QED) is 0.793. The Labute approximate surface area is 123 Å².